The highest BCUT2D eigenvalue weighted by Gasteiger charge is 2.39. The van der Waals surface area contributed by atoms with Gasteiger partial charge >= 0.3 is 5.97 Å². The SMILES string of the molecule is O=C(O)CC1(NC(=O)c2ccccc2Cl)CCOC1. The lowest BCUT2D eigenvalue weighted by atomic mass is 9.93. The van der Waals surface area contributed by atoms with E-state index in [2.05, 4.69) is 5.32 Å². The first-order valence-electron chi connectivity index (χ1n) is 5.89. The summed E-state index contributed by atoms with van der Waals surface area (Å²) in [7, 11) is 0. The average Bonchev–Trinajstić information content (AvgIpc) is 2.76. The Morgan fingerprint density at radius 1 is 1.42 bits per heavy atom. The van der Waals surface area contributed by atoms with E-state index < -0.39 is 11.5 Å². The second-order valence-electron chi connectivity index (χ2n) is 4.59. The van der Waals surface area contributed by atoms with E-state index in [-0.39, 0.29) is 18.9 Å². The number of hydrogen-bond donors (Lipinski definition) is 2. The minimum atomic E-state index is -0.968. The number of hydrogen-bond acceptors (Lipinski definition) is 3. The molecule has 2 rings (SSSR count). The summed E-state index contributed by atoms with van der Waals surface area (Å²) in [5.74, 6) is -1.35. The van der Waals surface area contributed by atoms with Gasteiger partial charge in [-0.1, -0.05) is 23.7 Å². The molecule has 1 saturated heterocycles. The lowest BCUT2D eigenvalue weighted by Crippen LogP contribution is -2.50. The van der Waals surface area contributed by atoms with Gasteiger partial charge in [-0.2, -0.15) is 0 Å². The maximum Gasteiger partial charge on any atom is 0.305 e. The van der Waals surface area contributed by atoms with E-state index in [0.717, 1.165) is 0 Å². The van der Waals surface area contributed by atoms with Crippen molar-refractivity contribution >= 4 is 23.5 Å². The van der Waals surface area contributed by atoms with Crippen molar-refractivity contribution in [1.82, 2.24) is 5.32 Å². The molecule has 0 saturated carbocycles. The fourth-order valence-electron chi connectivity index (χ4n) is 2.13. The van der Waals surface area contributed by atoms with Gasteiger partial charge in [-0.25, -0.2) is 0 Å². The van der Waals surface area contributed by atoms with E-state index in [0.29, 0.717) is 23.6 Å². The van der Waals surface area contributed by atoms with Gasteiger partial charge in [0.25, 0.3) is 5.91 Å². The van der Waals surface area contributed by atoms with E-state index in [9.17, 15) is 9.59 Å². The van der Waals surface area contributed by atoms with Crippen LogP contribution in [0.25, 0.3) is 0 Å². The van der Waals surface area contributed by atoms with Crippen LogP contribution in [0.2, 0.25) is 5.02 Å². The summed E-state index contributed by atoms with van der Waals surface area (Å²) in [5, 5.41) is 12.0. The molecule has 1 heterocycles. The van der Waals surface area contributed by atoms with Gasteiger partial charge in [0.1, 0.15) is 0 Å². The number of carboxylic acids is 1. The number of benzene rings is 1. The lowest BCUT2D eigenvalue weighted by Gasteiger charge is -2.27. The molecule has 0 aliphatic carbocycles. The quantitative estimate of drug-likeness (QED) is 0.882. The zero-order valence-corrected chi connectivity index (χ0v) is 10.9. The standard InChI is InChI=1S/C13H14ClNO4/c14-10-4-2-1-3-9(10)12(18)15-13(7-11(16)17)5-6-19-8-13/h1-4H,5-8H2,(H,15,18)(H,16,17). The van der Waals surface area contributed by atoms with Gasteiger partial charge in [-0.3, -0.25) is 9.59 Å². The summed E-state index contributed by atoms with van der Waals surface area (Å²) in [4.78, 5) is 23.1. The van der Waals surface area contributed by atoms with E-state index in [1.807, 2.05) is 0 Å². The van der Waals surface area contributed by atoms with Crippen molar-refractivity contribution in [3.63, 3.8) is 0 Å². The van der Waals surface area contributed by atoms with Crippen LogP contribution in [0.1, 0.15) is 23.2 Å². The molecule has 1 atom stereocenters. The number of amides is 1. The molecule has 0 spiro atoms. The van der Waals surface area contributed by atoms with Crippen molar-refractivity contribution in [3.05, 3.63) is 34.9 Å². The van der Waals surface area contributed by atoms with Gasteiger partial charge < -0.3 is 15.2 Å². The summed E-state index contributed by atoms with van der Waals surface area (Å²) in [5.41, 5.74) is -0.511. The van der Waals surface area contributed by atoms with Crippen LogP contribution < -0.4 is 5.32 Å². The molecule has 2 N–H and O–H groups in total. The van der Waals surface area contributed by atoms with Crippen LogP contribution >= 0.6 is 11.6 Å². The Morgan fingerprint density at radius 3 is 2.74 bits per heavy atom. The number of aliphatic carboxylic acids is 1. The number of carboxylic acid groups (broad SMARTS) is 1. The van der Waals surface area contributed by atoms with Crippen molar-refractivity contribution in [2.45, 2.75) is 18.4 Å². The molecule has 102 valence electrons. The monoisotopic (exact) mass is 283 g/mol. The maximum atomic E-state index is 12.2. The highest BCUT2D eigenvalue weighted by Crippen LogP contribution is 2.24. The van der Waals surface area contributed by atoms with Crippen molar-refractivity contribution in [2.24, 2.45) is 0 Å². The maximum absolute atomic E-state index is 12.2. The Bertz CT molecular complexity index is 497. The predicted octanol–water partition coefficient (Wildman–Crippen LogP) is 1.70. The van der Waals surface area contributed by atoms with E-state index in [1.165, 1.54) is 0 Å². The lowest BCUT2D eigenvalue weighted by molar-refractivity contribution is -0.138. The number of nitrogens with one attached hydrogen (secondary N) is 1. The van der Waals surface area contributed by atoms with Gasteiger partial charge in [0.2, 0.25) is 0 Å². The summed E-state index contributed by atoms with van der Waals surface area (Å²) in [6.07, 6.45) is 0.318. The van der Waals surface area contributed by atoms with Crippen LogP contribution in [0.4, 0.5) is 0 Å². The number of carbonyl (C=O) groups is 2. The summed E-state index contributed by atoms with van der Waals surface area (Å²) >= 11 is 5.95. The first-order chi connectivity index (χ1) is 9.02. The predicted molar refractivity (Wildman–Crippen MR) is 69.3 cm³/mol. The molecule has 0 aromatic heterocycles. The zero-order chi connectivity index (χ0) is 13.9. The molecule has 1 aromatic rings. The van der Waals surface area contributed by atoms with Crippen LogP contribution in [0.5, 0.6) is 0 Å². The summed E-state index contributed by atoms with van der Waals surface area (Å²) in [6.45, 7) is 0.644. The fraction of sp³-hybridized carbons (Fsp3) is 0.385. The molecule has 1 aromatic carbocycles. The Morgan fingerprint density at radius 2 is 2.16 bits per heavy atom. The Kier molecular flexibility index (Phi) is 4.07. The van der Waals surface area contributed by atoms with Crippen molar-refractivity contribution in [1.29, 1.82) is 0 Å². The number of rotatable bonds is 4. The smallest absolute Gasteiger partial charge is 0.305 e. The largest absolute Gasteiger partial charge is 0.481 e. The van der Waals surface area contributed by atoms with Crippen LogP contribution in [0.3, 0.4) is 0 Å². The fourth-order valence-corrected chi connectivity index (χ4v) is 2.35. The molecule has 6 heteroatoms. The van der Waals surface area contributed by atoms with Crippen LogP contribution in [-0.4, -0.2) is 35.7 Å². The van der Waals surface area contributed by atoms with E-state index in [1.54, 1.807) is 24.3 Å². The van der Waals surface area contributed by atoms with E-state index >= 15 is 0 Å². The molecule has 0 bridgehead atoms. The van der Waals surface area contributed by atoms with Crippen molar-refractivity contribution in [2.75, 3.05) is 13.2 Å². The van der Waals surface area contributed by atoms with Gasteiger partial charge in [0.05, 0.1) is 29.2 Å². The molecule has 1 aliphatic heterocycles. The third kappa shape index (κ3) is 3.24. The second kappa shape index (κ2) is 5.59. The van der Waals surface area contributed by atoms with E-state index in [4.69, 9.17) is 21.4 Å². The van der Waals surface area contributed by atoms with Crippen molar-refractivity contribution < 1.29 is 19.4 Å². The molecule has 1 amide bonds. The van der Waals surface area contributed by atoms with Crippen LogP contribution in [-0.2, 0) is 9.53 Å². The third-order valence-corrected chi connectivity index (χ3v) is 3.42. The van der Waals surface area contributed by atoms with Crippen LogP contribution in [0.15, 0.2) is 24.3 Å². The Balaban J connectivity index is 2.16. The molecule has 19 heavy (non-hydrogen) atoms. The third-order valence-electron chi connectivity index (χ3n) is 3.09. The molecule has 1 aliphatic rings. The topological polar surface area (TPSA) is 75.6 Å². The van der Waals surface area contributed by atoms with Crippen molar-refractivity contribution in [3.8, 4) is 0 Å². The Hall–Kier alpha value is -1.59. The summed E-state index contributed by atoms with van der Waals surface area (Å²) < 4.78 is 5.22. The highest BCUT2D eigenvalue weighted by molar-refractivity contribution is 6.33. The number of ether oxygens (including phenoxy) is 1. The number of carbonyl (C=O) groups excluding carboxylic acids is 1. The minimum absolute atomic E-state index is 0.163. The molecular weight excluding hydrogens is 270 g/mol. The normalized spacial score (nSPS) is 22.2. The minimum Gasteiger partial charge on any atom is -0.481 e. The van der Waals surface area contributed by atoms with Gasteiger partial charge in [-0.05, 0) is 18.6 Å². The highest BCUT2D eigenvalue weighted by atomic mass is 35.5. The molecule has 0 radical (unpaired) electrons. The molecule has 1 fully saturated rings. The second-order valence-corrected chi connectivity index (χ2v) is 4.99. The zero-order valence-electron chi connectivity index (χ0n) is 10.2. The summed E-state index contributed by atoms with van der Waals surface area (Å²) in [6, 6.07) is 6.65. The van der Waals surface area contributed by atoms with Gasteiger partial charge in [0.15, 0.2) is 0 Å². The Labute approximate surface area is 115 Å². The number of halogens is 1. The van der Waals surface area contributed by atoms with Gasteiger partial charge in [-0.15, -0.1) is 0 Å². The first-order valence-corrected chi connectivity index (χ1v) is 6.27. The van der Waals surface area contributed by atoms with Gasteiger partial charge in [0, 0.05) is 6.61 Å². The molecule has 5 nitrogen and oxygen atoms in total. The first kappa shape index (κ1) is 13.8. The van der Waals surface area contributed by atoms with Crippen LogP contribution in [0, 0.1) is 0 Å². The molecule has 1 unspecified atom stereocenters. The average molecular weight is 284 g/mol. The molecular formula is C13H14ClNO4.